The molecule has 1 rings (SSSR count). The molecule has 0 heterocycles. The van der Waals surface area contributed by atoms with E-state index in [2.05, 4.69) is 12.6 Å². The maximum atomic E-state index is 12.4. The van der Waals surface area contributed by atoms with Crippen LogP contribution in [0.25, 0.3) is 0 Å². The summed E-state index contributed by atoms with van der Waals surface area (Å²) in [6.07, 6.45) is 0. The molecule has 19 heavy (non-hydrogen) atoms. The van der Waals surface area contributed by atoms with Gasteiger partial charge >= 0.3 is 20.4 Å². The van der Waals surface area contributed by atoms with E-state index in [1.165, 1.54) is 0 Å². The standard InChI is InChI=1S/C6H4F10S3/c7-18(8,9,10,11)4-2-1-3-5(6(4)17)19(12,13,14,15)16/h1-3,17H. The molecule has 13 heteroatoms. The van der Waals surface area contributed by atoms with E-state index >= 15 is 0 Å². The lowest BCUT2D eigenvalue weighted by molar-refractivity contribution is 0.353. The molecular weight excluding hydrogens is 358 g/mol. The van der Waals surface area contributed by atoms with E-state index < -0.39 is 47.3 Å². The fourth-order valence-electron chi connectivity index (χ4n) is 1.12. The predicted octanol–water partition coefficient (Wildman–Crippen LogP) is 7.29. The van der Waals surface area contributed by atoms with Gasteiger partial charge in [-0.15, -0.1) is 12.6 Å². The van der Waals surface area contributed by atoms with Crippen LogP contribution in [0.15, 0.2) is 32.9 Å². The molecule has 116 valence electrons. The van der Waals surface area contributed by atoms with Crippen LogP contribution in [0.1, 0.15) is 0 Å². The van der Waals surface area contributed by atoms with Crippen molar-refractivity contribution < 1.29 is 38.9 Å². The second kappa shape index (κ2) is 2.79. The molecule has 0 aromatic heterocycles. The Labute approximate surface area is 105 Å². The van der Waals surface area contributed by atoms with Gasteiger partial charge in [-0.2, -0.15) is 0 Å². The molecular formula is C6H4F10S3. The molecule has 0 radical (unpaired) electrons. The number of halogens is 10. The van der Waals surface area contributed by atoms with E-state index in [1.54, 1.807) is 0 Å². The monoisotopic (exact) mass is 362 g/mol. The average Bonchev–Trinajstić information content (AvgIpc) is 1.93. The molecule has 0 saturated heterocycles. The minimum atomic E-state index is -10.6. The van der Waals surface area contributed by atoms with Gasteiger partial charge in [-0.05, 0) is 12.1 Å². The zero-order valence-corrected chi connectivity index (χ0v) is 10.8. The Hall–Kier alpha value is -0.430. The van der Waals surface area contributed by atoms with Gasteiger partial charge in [-0.3, -0.25) is 0 Å². The van der Waals surface area contributed by atoms with Gasteiger partial charge < -0.3 is 0 Å². The summed E-state index contributed by atoms with van der Waals surface area (Å²) in [6.45, 7) is 0. The Kier molecular flexibility index (Phi) is 2.44. The first-order chi connectivity index (χ1) is 7.61. The second-order valence-corrected chi connectivity index (χ2v) is 8.74. The SMILES string of the molecule is FS(F)(F)(F)(F)c1cccc(S(F)(F)(F)(F)F)c1S. The van der Waals surface area contributed by atoms with Gasteiger partial charge in [0.15, 0.2) is 0 Å². The zero-order valence-electron chi connectivity index (χ0n) is 8.28. The summed E-state index contributed by atoms with van der Waals surface area (Å²) in [5.74, 6) is 0. The van der Waals surface area contributed by atoms with Crippen LogP contribution in [0.2, 0.25) is 0 Å². The van der Waals surface area contributed by atoms with E-state index in [1.807, 2.05) is 0 Å². The van der Waals surface area contributed by atoms with Gasteiger partial charge in [0, 0.05) is 4.90 Å². The Bertz CT molecular complexity index is 502. The first-order valence-corrected chi connectivity index (χ1v) is 8.27. The van der Waals surface area contributed by atoms with Crippen LogP contribution >= 0.6 is 33.1 Å². The molecule has 1 aromatic rings. The van der Waals surface area contributed by atoms with Gasteiger partial charge in [0.05, 0.1) is 0 Å². The van der Waals surface area contributed by atoms with Crippen molar-refractivity contribution in [3.8, 4) is 0 Å². The van der Waals surface area contributed by atoms with Crippen LogP contribution in [-0.4, -0.2) is 0 Å². The normalized spacial score (nSPS) is 21.0. The molecule has 0 aliphatic rings. The summed E-state index contributed by atoms with van der Waals surface area (Å²) in [6, 6.07) is -1.05. The maximum absolute atomic E-state index is 12.4. The molecule has 0 atom stereocenters. The highest BCUT2D eigenvalue weighted by Crippen LogP contribution is 3.06. The first kappa shape index (κ1) is 16.6. The molecule has 0 fully saturated rings. The third kappa shape index (κ3) is 3.78. The summed E-state index contributed by atoms with van der Waals surface area (Å²) in [5, 5.41) is 0. The van der Waals surface area contributed by atoms with Crippen LogP contribution in [-0.2, 0) is 0 Å². The summed E-state index contributed by atoms with van der Waals surface area (Å²) in [5.41, 5.74) is 0. The Morgan fingerprint density at radius 1 is 0.632 bits per heavy atom. The Morgan fingerprint density at radius 2 is 0.895 bits per heavy atom. The van der Waals surface area contributed by atoms with E-state index in [9.17, 15) is 38.9 Å². The highest BCUT2D eigenvalue weighted by molar-refractivity contribution is 8.46. The molecule has 0 N–H and O–H groups in total. The molecule has 0 bridgehead atoms. The lowest BCUT2D eigenvalue weighted by atomic mass is 10.4. The van der Waals surface area contributed by atoms with Crippen LogP contribution < -0.4 is 0 Å². The Balaban J connectivity index is 3.86. The van der Waals surface area contributed by atoms with Crippen LogP contribution in [0.5, 0.6) is 0 Å². The van der Waals surface area contributed by atoms with Crippen LogP contribution in [0, 0.1) is 0 Å². The first-order valence-electron chi connectivity index (χ1n) is 3.92. The van der Waals surface area contributed by atoms with Crippen LogP contribution in [0.3, 0.4) is 0 Å². The van der Waals surface area contributed by atoms with Crippen molar-refractivity contribution in [2.75, 3.05) is 0 Å². The van der Waals surface area contributed by atoms with Crippen molar-refractivity contribution in [3.05, 3.63) is 18.2 Å². The van der Waals surface area contributed by atoms with Gasteiger partial charge in [0.25, 0.3) is 0 Å². The van der Waals surface area contributed by atoms with Crippen LogP contribution in [0.4, 0.5) is 38.9 Å². The van der Waals surface area contributed by atoms with Crippen molar-refractivity contribution in [2.24, 2.45) is 0 Å². The third-order valence-corrected chi connectivity index (χ3v) is 4.92. The van der Waals surface area contributed by atoms with Crippen molar-refractivity contribution in [1.82, 2.24) is 0 Å². The van der Waals surface area contributed by atoms with Crippen molar-refractivity contribution >= 4 is 33.1 Å². The number of hydrogen-bond acceptors (Lipinski definition) is 1. The topological polar surface area (TPSA) is 0 Å². The van der Waals surface area contributed by atoms with E-state index in [0.29, 0.717) is 0 Å². The Morgan fingerprint density at radius 3 is 1.11 bits per heavy atom. The molecule has 0 saturated carbocycles. The summed E-state index contributed by atoms with van der Waals surface area (Å²) in [4.78, 5) is -8.75. The fraction of sp³-hybridized carbons (Fsp3) is 0. The molecule has 0 aliphatic heterocycles. The minimum Gasteiger partial charge on any atom is -0.140 e. The van der Waals surface area contributed by atoms with Gasteiger partial charge in [0.2, 0.25) is 0 Å². The molecule has 0 amide bonds. The lowest BCUT2D eigenvalue weighted by Gasteiger charge is -2.45. The lowest BCUT2D eigenvalue weighted by Crippen LogP contribution is -2.12. The van der Waals surface area contributed by atoms with Gasteiger partial charge in [0.1, 0.15) is 9.79 Å². The molecule has 0 aliphatic carbocycles. The number of rotatable bonds is 2. The van der Waals surface area contributed by atoms with Gasteiger partial charge in [-0.1, -0.05) is 44.9 Å². The molecule has 1 aromatic carbocycles. The van der Waals surface area contributed by atoms with Crippen molar-refractivity contribution in [1.29, 1.82) is 0 Å². The molecule has 0 spiro atoms. The van der Waals surface area contributed by atoms with E-state index in [4.69, 9.17) is 0 Å². The summed E-state index contributed by atoms with van der Waals surface area (Å²) < 4.78 is 124. The fourth-order valence-corrected chi connectivity index (χ4v) is 4.00. The van der Waals surface area contributed by atoms with E-state index in [0.717, 1.165) is 0 Å². The number of hydrogen-bond donors (Lipinski definition) is 1. The van der Waals surface area contributed by atoms with Crippen molar-refractivity contribution in [2.45, 2.75) is 14.7 Å². The summed E-state index contributed by atoms with van der Waals surface area (Å²) in [7, 11) is -21.1. The smallest absolute Gasteiger partial charge is 0.140 e. The quantitative estimate of drug-likeness (QED) is 0.414. The van der Waals surface area contributed by atoms with E-state index in [-0.39, 0.29) is 6.07 Å². The predicted molar refractivity (Wildman–Crippen MR) is 56.5 cm³/mol. The third-order valence-electron chi connectivity index (χ3n) is 1.79. The largest absolute Gasteiger partial charge is 0.311 e. The second-order valence-electron chi connectivity index (χ2n) is 3.54. The van der Waals surface area contributed by atoms with Crippen molar-refractivity contribution in [3.63, 3.8) is 0 Å². The molecule has 0 unspecified atom stereocenters. The molecule has 0 nitrogen and oxygen atoms in total. The highest BCUT2D eigenvalue weighted by Gasteiger charge is 2.71. The maximum Gasteiger partial charge on any atom is 0.311 e. The zero-order chi connectivity index (χ0) is 15.7. The number of benzene rings is 1. The highest BCUT2D eigenvalue weighted by atomic mass is 32.5. The average molecular weight is 362 g/mol. The van der Waals surface area contributed by atoms with Gasteiger partial charge in [-0.25, -0.2) is 0 Å². The number of thiol groups is 1. The summed E-state index contributed by atoms with van der Waals surface area (Å²) >= 11 is 2.57. The minimum absolute atomic E-state index is 0.180.